The van der Waals surface area contributed by atoms with Crippen LogP contribution in [0.3, 0.4) is 0 Å². The van der Waals surface area contributed by atoms with Crippen LogP contribution in [0.1, 0.15) is 22.3 Å². The molecular weight excluding hydrogens is 240 g/mol. The Hall–Kier alpha value is -2.23. The highest BCUT2D eigenvalue weighted by atomic mass is 16.3. The number of aromatic nitrogens is 2. The number of nitrogens with zero attached hydrogens (tertiary/aromatic N) is 2. The van der Waals surface area contributed by atoms with E-state index in [4.69, 9.17) is 0 Å². The Morgan fingerprint density at radius 1 is 1.11 bits per heavy atom. The number of phenols is 2. The minimum atomic E-state index is 0.231. The lowest BCUT2D eigenvalue weighted by atomic mass is 9.97. The third kappa shape index (κ3) is 2.47. The molecule has 100 valence electrons. The van der Waals surface area contributed by atoms with E-state index in [0.717, 1.165) is 5.56 Å². The van der Waals surface area contributed by atoms with Crippen molar-refractivity contribution in [1.82, 2.24) is 9.55 Å². The van der Waals surface area contributed by atoms with E-state index >= 15 is 0 Å². The van der Waals surface area contributed by atoms with Gasteiger partial charge in [-0.1, -0.05) is 12.2 Å². The molecule has 0 bridgehead atoms. The molecule has 0 fully saturated rings. The Kier molecular flexibility index (Phi) is 3.60. The molecule has 4 nitrogen and oxygen atoms in total. The number of rotatable bonds is 3. The maximum Gasteiger partial charge on any atom is 0.126 e. The van der Waals surface area contributed by atoms with E-state index in [9.17, 15) is 10.2 Å². The number of hydrogen-bond acceptors (Lipinski definition) is 3. The van der Waals surface area contributed by atoms with E-state index in [1.807, 2.05) is 22.9 Å². The van der Waals surface area contributed by atoms with Crippen molar-refractivity contribution < 1.29 is 10.2 Å². The predicted molar refractivity (Wildman–Crippen MR) is 75.2 cm³/mol. The van der Waals surface area contributed by atoms with Crippen LogP contribution in [0.2, 0.25) is 0 Å². The molecule has 0 atom stereocenters. The summed E-state index contributed by atoms with van der Waals surface area (Å²) in [7, 11) is 0. The molecule has 0 radical (unpaired) electrons. The first-order valence-electron chi connectivity index (χ1n) is 6.16. The van der Waals surface area contributed by atoms with Crippen molar-refractivity contribution in [3.8, 4) is 11.5 Å². The maximum absolute atomic E-state index is 10.2. The highest BCUT2D eigenvalue weighted by Gasteiger charge is 2.14. The zero-order valence-corrected chi connectivity index (χ0v) is 11.4. The Bertz CT molecular complexity index is 585. The van der Waals surface area contributed by atoms with Crippen LogP contribution in [0.15, 0.2) is 24.8 Å². The van der Waals surface area contributed by atoms with Crippen molar-refractivity contribution in [3.05, 3.63) is 47.1 Å². The summed E-state index contributed by atoms with van der Waals surface area (Å²) >= 11 is 0. The van der Waals surface area contributed by atoms with Crippen LogP contribution in [-0.4, -0.2) is 19.8 Å². The van der Waals surface area contributed by atoms with Gasteiger partial charge in [0.2, 0.25) is 0 Å². The normalized spacial score (nSPS) is 11.3. The van der Waals surface area contributed by atoms with Crippen LogP contribution in [0.4, 0.5) is 0 Å². The Labute approximate surface area is 112 Å². The number of imidazole rings is 1. The molecule has 0 saturated heterocycles. The van der Waals surface area contributed by atoms with Crippen molar-refractivity contribution in [2.75, 3.05) is 0 Å². The molecule has 1 aromatic heterocycles. The number of hydrogen-bond donors (Lipinski definition) is 2. The van der Waals surface area contributed by atoms with Crippen LogP contribution in [0.25, 0.3) is 6.08 Å². The Morgan fingerprint density at radius 2 is 1.79 bits per heavy atom. The minimum absolute atomic E-state index is 0.231. The van der Waals surface area contributed by atoms with E-state index in [-0.39, 0.29) is 11.5 Å². The van der Waals surface area contributed by atoms with E-state index in [0.29, 0.717) is 23.2 Å². The smallest absolute Gasteiger partial charge is 0.126 e. The first-order valence-corrected chi connectivity index (χ1v) is 6.16. The monoisotopic (exact) mass is 258 g/mol. The minimum Gasteiger partial charge on any atom is -0.507 e. The van der Waals surface area contributed by atoms with Crippen molar-refractivity contribution in [2.45, 2.75) is 27.3 Å². The number of aromatic hydroxyl groups is 2. The fourth-order valence-corrected chi connectivity index (χ4v) is 2.03. The molecule has 19 heavy (non-hydrogen) atoms. The van der Waals surface area contributed by atoms with E-state index < -0.39 is 0 Å². The van der Waals surface area contributed by atoms with Gasteiger partial charge in [0.25, 0.3) is 0 Å². The summed E-state index contributed by atoms with van der Waals surface area (Å²) in [4.78, 5) is 3.96. The second-order valence-electron chi connectivity index (χ2n) is 4.65. The van der Waals surface area contributed by atoms with E-state index in [1.165, 1.54) is 0 Å². The zero-order valence-electron chi connectivity index (χ0n) is 11.4. The summed E-state index contributed by atoms with van der Waals surface area (Å²) < 4.78 is 1.92. The van der Waals surface area contributed by atoms with Gasteiger partial charge in [0, 0.05) is 30.1 Å². The molecule has 0 saturated carbocycles. The molecule has 0 aliphatic rings. The Morgan fingerprint density at radius 3 is 2.42 bits per heavy atom. The van der Waals surface area contributed by atoms with Gasteiger partial charge in [-0.05, 0) is 31.9 Å². The van der Waals surface area contributed by atoms with E-state index in [1.54, 1.807) is 33.3 Å². The van der Waals surface area contributed by atoms with Gasteiger partial charge in [-0.25, -0.2) is 4.98 Å². The first kappa shape index (κ1) is 13.2. The molecule has 2 aromatic rings. The molecule has 0 spiro atoms. The molecule has 1 aromatic carbocycles. The Balaban J connectivity index is 2.32. The third-order valence-corrected chi connectivity index (χ3v) is 3.45. The number of benzene rings is 1. The second-order valence-corrected chi connectivity index (χ2v) is 4.65. The van der Waals surface area contributed by atoms with Crippen molar-refractivity contribution in [1.29, 1.82) is 0 Å². The largest absolute Gasteiger partial charge is 0.507 e. The summed E-state index contributed by atoms with van der Waals surface area (Å²) in [6.45, 7) is 6.08. The lowest BCUT2D eigenvalue weighted by Gasteiger charge is -2.13. The van der Waals surface area contributed by atoms with Crippen LogP contribution in [0, 0.1) is 20.8 Å². The van der Waals surface area contributed by atoms with Gasteiger partial charge in [-0.2, -0.15) is 0 Å². The first-order chi connectivity index (χ1) is 9.02. The van der Waals surface area contributed by atoms with Gasteiger partial charge in [-0.3, -0.25) is 0 Å². The number of allylic oxidation sites excluding steroid dienone is 1. The summed E-state index contributed by atoms with van der Waals surface area (Å²) in [6, 6.07) is 0. The second kappa shape index (κ2) is 5.18. The average molecular weight is 258 g/mol. The SMILES string of the molecule is Cc1c(C)c(O)c(/C=C/Cn2ccnc2)c(C)c1O. The van der Waals surface area contributed by atoms with Crippen LogP contribution in [-0.2, 0) is 6.54 Å². The van der Waals surface area contributed by atoms with Crippen LogP contribution in [0.5, 0.6) is 11.5 Å². The quantitative estimate of drug-likeness (QED) is 0.832. The summed E-state index contributed by atoms with van der Waals surface area (Å²) in [5.41, 5.74) is 2.80. The van der Waals surface area contributed by atoms with Crippen LogP contribution >= 0.6 is 0 Å². The molecule has 0 amide bonds. The molecular formula is C15H18N2O2. The van der Waals surface area contributed by atoms with Gasteiger partial charge >= 0.3 is 0 Å². The van der Waals surface area contributed by atoms with Crippen molar-refractivity contribution in [3.63, 3.8) is 0 Å². The van der Waals surface area contributed by atoms with Gasteiger partial charge in [0.05, 0.1) is 6.33 Å². The van der Waals surface area contributed by atoms with Gasteiger partial charge in [0.1, 0.15) is 11.5 Å². The van der Waals surface area contributed by atoms with Gasteiger partial charge < -0.3 is 14.8 Å². The summed E-state index contributed by atoms with van der Waals surface area (Å²) in [5, 5.41) is 20.2. The molecule has 0 aliphatic heterocycles. The molecule has 2 N–H and O–H groups in total. The lowest BCUT2D eigenvalue weighted by Crippen LogP contribution is -1.93. The standard InChI is InChI=1S/C15H18N2O2/c1-10-11(2)15(19)13(12(3)14(10)18)5-4-7-17-8-6-16-9-17/h4-6,8-9,18-19H,7H2,1-3H3/b5-4+. The highest BCUT2D eigenvalue weighted by molar-refractivity contribution is 5.68. The predicted octanol–water partition coefficient (Wildman–Crippen LogP) is 2.93. The molecule has 2 rings (SSSR count). The topological polar surface area (TPSA) is 58.3 Å². The molecule has 4 heteroatoms. The molecule has 0 unspecified atom stereocenters. The van der Waals surface area contributed by atoms with Gasteiger partial charge in [0.15, 0.2) is 0 Å². The third-order valence-electron chi connectivity index (χ3n) is 3.45. The lowest BCUT2D eigenvalue weighted by molar-refractivity contribution is 0.448. The van der Waals surface area contributed by atoms with Crippen LogP contribution < -0.4 is 0 Å². The van der Waals surface area contributed by atoms with E-state index in [2.05, 4.69) is 4.98 Å². The van der Waals surface area contributed by atoms with Crippen molar-refractivity contribution >= 4 is 6.08 Å². The fraction of sp³-hybridized carbons (Fsp3) is 0.267. The fourth-order valence-electron chi connectivity index (χ4n) is 2.03. The average Bonchev–Trinajstić information content (AvgIpc) is 2.91. The molecule has 0 aliphatic carbocycles. The number of phenolic OH excluding ortho intramolecular Hbond substituents is 2. The highest BCUT2D eigenvalue weighted by Crippen LogP contribution is 2.36. The van der Waals surface area contributed by atoms with Gasteiger partial charge in [-0.15, -0.1) is 0 Å². The zero-order chi connectivity index (χ0) is 14.0. The summed E-state index contributed by atoms with van der Waals surface area (Å²) in [6.07, 6.45) is 9.08. The summed E-state index contributed by atoms with van der Waals surface area (Å²) in [5.74, 6) is 0.479. The van der Waals surface area contributed by atoms with Crippen molar-refractivity contribution in [2.24, 2.45) is 0 Å². The molecule has 1 heterocycles. The maximum atomic E-state index is 10.2.